The second-order valence-corrected chi connectivity index (χ2v) is 9.10. The van der Waals surface area contributed by atoms with Crippen molar-refractivity contribution in [1.29, 1.82) is 0 Å². The SMILES string of the molecule is CCN(c1nccc(NCCC2=CCCCC2)n1)C1CCS(=O)(=O)C1. The van der Waals surface area contributed by atoms with Gasteiger partial charge in [0.15, 0.2) is 9.84 Å². The van der Waals surface area contributed by atoms with Crippen LogP contribution >= 0.6 is 0 Å². The van der Waals surface area contributed by atoms with E-state index in [-0.39, 0.29) is 17.5 Å². The molecule has 6 nitrogen and oxygen atoms in total. The number of hydrogen-bond acceptors (Lipinski definition) is 6. The van der Waals surface area contributed by atoms with E-state index in [1.165, 1.54) is 25.7 Å². The van der Waals surface area contributed by atoms with Crippen LogP contribution < -0.4 is 10.2 Å². The Morgan fingerprint density at radius 2 is 2.24 bits per heavy atom. The second-order valence-electron chi connectivity index (χ2n) is 6.87. The van der Waals surface area contributed by atoms with Gasteiger partial charge in [0, 0.05) is 25.3 Å². The summed E-state index contributed by atoms with van der Waals surface area (Å²) in [5.74, 6) is 1.89. The third-order valence-corrected chi connectivity index (χ3v) is 6.78. The maximum Gasteiger partial charge on any atom is 0.227 e. The molecule has 1 saturated heterocycles. The Kier molecular flexibility index (Phi) is 5.93. The van der Waals surface area contributed by atoms with Gasteiger partial charge in [-0.3, -0.25) is 0 Å². The lowest BCUT2D eigenvalue weighted by molar-refractivity contribution is 0.599. The number of rotatable bonds is 7. The van der Waals surface area contributed by atoms with Gasteiger partial charge in [0.1, 0.15) is 5.82 Å². The van der Waals surface area contributed by atoms with Crippen LogP contribution in [0.4, 0.5) is 11.8 Å². The van der Waals surface area contributed by atoms with Crippen molar-refractivity contribution in [3.63, 3.8) is 0 Å². The lowest BCUT2D eigenvalue weighted by Gasteiger charge is -2.27. The molecule has 0 spiro atoms. The normalized spacial score (nSPS) is 22.4. The van der Waals surface area contributed by atoms with E-state index in [0.717, 1.165) is 18.8 Å². The average molecular weight is 365 g/mol. The molecule has 138 valence electrons. The van der Waals surface area contributed by atoms with Crippen LogP contribution in [0.5, 0.6) is 0 Å². The molecule has 0 aromatic carbocycles. The zero-order valence-corrected chi connectivity index (χ0v) is 15.8. The lowest BCUT2D eigenvalue weighted by Crippen LogP contribution is -2.37. The molecule has 0 saturated carbocycles. The number of nitrogens with zero attached hydrogens (tertiary/aromatic N) is 3. The van der Waals surface area contributed by atoms with Crippen molar-refractivity contribution < 1.29 is 8.42 Å². The van der Waals surface area contributed by atoms with E-state index in [2.05, 4.69) is 21.4 Å². The van der Waals surface area contributed by atoms with Crippen molar-refractivity contribution in [2.45, 2.75) is 51.5 Å². The van der Waals surface area contributed by atoms with Crippen LogP contribution in [0, 0.1) is 0 Å². The van der Waals surface area contributed by atoms with E-state index in [4.69, 9.17) is 0 Å². The van der Waals surface area contributed by atoms with E-state index in [0.29, 0.717) is 18.9 Å². The van der Waals surface area contributed by atoms with Gasteiger partial charge in [0.25, 0.3) is 0 Å². The summed E-state index contributed by atoms with van der Waals surface area (Å²) in [5, 5.41) is 3.38. The van der Waals surface area contributed by atoms with Crippen LogP contribution in [0.2, 0.25) is 0 Å². The van der Waals surface area contributed by atoms with Gasteiger partial charge in [-0.05, 0) is 51.5 Å². The Morgan fingerprint density at radius 1 is 1.36 bits per heavy atom. The first kappa shape index (κ1) is 18.2. The first-order valence-corrected chi connectivity index (χ1v) is 11.1. The lowest BCUT2D eigenvalue weighted by atomic mass is 9.97. The smallest absolute Gasteiger partial charge is 0.227 e. The van der Waals surface area contributed by atoms with Crippen LogP contribution in [0.15, 0.2) is 23.9 Å². The fourth-order valence-corrected chi connectivity index (χ4v) is 5.38. The Labute approximate surface area is 150 Å². The molecule has 0 radical (unpaired) electrons. The maximum atomic E-state index is 11.8. The highest BCUT2D eigenvalue weighted by Gasteiger charge is 2.32. The number of hydrogen-bond donors (Lipinski definition) is 1. The first-order chi connectivity index (χ1) is 12.1. The van der Waals surface area contributed by atoms with Crippen LogP contribution in [0.3, 0.4) is 0 Å². The molecule has 1 N–H and O–H groups in total. The van der Waals surface area contributed by atoms with Crippen LogP contribution in [-0.2, 0) is 9.84 Å². The van der Waals surface area contributed by atoms with Crippen LogP contribution in [-0.4, -0.2) is 49.0 Å². The molecule has 1 fully saturated rings. The van der Waals surface area contributed by atoms with Crippen molar-refractivity contribution in [2.75, 3.05) is 34.8 Å². The third-order valence-electron chi connectivity index (χ3n) is 5.03. The van der Waals surface area contributed by atoms with E-state index in [1.807, 2.05) is 17.9 Å². The Balaban J connectivity index is 1.60. The fourth-order valence-electron chi connectivity index (χ4n) is 3.65. The van der Waals surface area contributed by atoms with E-state index >= 15 is 0 Å². The van der Waals surface area contributed by atoms with Crippen LogP contribution in [0.25, 0.3) is 0 Å². The topological polar surface area (TPSA) is 75.2 Å². The number of allylic oxidation sites excluding steroid dienone is 1. The minimum absolute atomic E-state index is 0.0161. The summed E-state index contributed by atoms with van der Waals surface area (Å²) in [5.41, 5.74) is 1.54. The molecule has 0 amide bonds. The van der Waals surface area contributed by atoms with Gasteiger partial charge < -0.3 is 10.2 Å². The van der Waals surface area contributed by atoms with E-state index in [1.54, 1.807) is 11.8 Å². The van der Waals surface area contributed by atoms with Crippen molar-refractivity contribution in [2.24, 2.45) is 0 Å². The van der Waals surface area contributed by atoms with Gasteiger partial charge in [-0.2, -0.15) is 4.98 Å². The zero-order valence-electron chi connectivity index (χ0n) is 14.9. The van der Waals surface area contributed by atoms with Crippen molar-refractivity contribution >= 4 is 21.6 Å². The monoisotopic (exact) mass is 364 g/mol. The molecule has 1 aliphatic heterocycles. The number of nitrogens with one attached hydrogen (secondary N) is 1. The van der Waals surface area contributed by atoms with Gasteiger partial charge in [-0.25, -0.2) is 13.4 Å². The second kappa shape index (κ2) is 8.17. The average Bonchev–Trinajstić information content (AvgIpc) is 2.97. The molecule has 1 aromatic rings. The van der Waals surface area contributed by atoms with Crippen molar-refractivity contribution in [1.82, 2.24) is 9.97 Å². The van der Waals surface area contributed by atoms with Gasteiger partial charge >= 0.3 is 0 Å². The van der Waals surface area contributed by atoms with Gasteiger partial charge in [-0.15, -0.1) is 0 Å². The molecular weight excluding hydrogens is 336 g/mol. The minimum atomic E-state index is -2.91. The zero-order chi connectivity index (χ0) is 17.7. The molecule has 3 rings (SSSR count). The maximum absolute atomic E-state index is 11.8. The molecule has 25 heavy (non-hydrogen) atoms. The molecule has 7 heteroatoms. The molecule has 2 aliphatic rings. The molecule has 1 unspecified atom stereocenters. The summed E-state index contributed by atoms with van der Waals surface area (Å²) in [6.45, 7) is 3.59. The predicted octanol–water partition coefficient (Wildman–Crippen LogP) is 2.79. The van der Waals surface area contributed by atoms with Crippen molar-refractivity contribution in [3.05, 3.63) is 23.9 Å². The molecule has 0 bridgehead atoms. The third kappa shape index (κ3) is 4.93. The predicted molar refractivity (Wildman–Crippen MR) is 102 cm³/mol. The highest BCUT2D eigenvalue weighted by atomic mass is 32.2. The standard InChI is InChI=1S/C18H28N4O2S/c1-2-22(16-10-13-25(23,24)14-16)18-20-12-9-17(21-18)19-11-8-15-6-4-3-5-7-15/h6,9,12,16H,2-5,7-8,10-11,13-14H2,1H3,(H,19,20,21). The molecule has 1 atom stereocenters. The molecular formula is C18H28N4O2S. The summed E-state index contributed by atoms with van der Waals surface area (Å²) >= 11 is 0. The Bertz CT molecular complexity index is 718. The summed E-state index contributed by atoms with van der Waals surface area (Å²) in [7, 11) is -2.91. The van der Waals surface area contributed by atoms with Gasteiger partial charge in [0.05, 0.1) is 11.5 Å². The summed E-state index contributed by atoms with van der Waals surface area (Å²) < 4.78 is 23.5. The highest BCUT2D eigenvalue weighted by Crippen LogP contribution is 2.23. The van der Waals surface area contributed by atoms with E-state index < -0.39 is 9.84 Å². The first-order valence-electron chi connectivity index (χ1n) is 9.29. The minimum Gasteiger partial charge on any atom is -0.370 e. The molecule has 1 aliphatic carbocycles. The van der Waals surface area contributed by atoms with Gasteiger partial charge in [0.2, 0.25) is 5.95 Å². The Morgan fingerprint density at radius 3 is 2.92 bits per heavy atom. The van der Waals surface area contributed by atoms with Crippen LogP contribution in [0.1, 0.15) is 45.4 Å². The fraction of sp³-hybridized carbons (Fsp3) is 0.667. The summed E-state index contributed by atoms with van der Waals surface area (Å²) in [6.07, 6.45) is 10.9. The number of aromatic nitrogens is 2. The van der Waals surface area contributed by atoms with Gasteiger partial charge in [-0.1, -0.05) is 11.6 Å². The molecule has 2 heterocycles. The van der Waals surface area contributed by atoms with E-state index in [9.17, 15) is 8.42 Å². The Hall–Kier alpha value is -1.63. The number of anilines is 2. The van der Waals surface area contributed by atoms with Crippen molar-refractivity contribution in [3.8, 4) is 0 Å². The quantitative estimate of drug-likeness (QED) is 0.750. The largest absolute Gasteiger partial charge is 0.370 e. The summed E-state index contributed by atoms with van der Waals surface area (Å²) in [4.78, 5) is 11.0. The highest BCUT2D eigenvalue weighted by molar-refractivity contribution is 7.91. The summed E-state index contributed by atoms with van der Waals surface area (Å²) in [6, 6.07) is 1.86. The molecule has 1 aromatic heterocycles. The number of sulfone groups is 1.